The number of aromatic nitrogens is 2. The van der Waals surface area contributed by atoms with Crippen molar-refractivity contribution in [2.24, 2.45) is 0 Å². The molecule has 106 valence electrons. The third-order valence-electron chi connectivity index (χ3n) is 3.10. The van der Waals surface area contributed by atoms with Crippen LogP contribution in [0.4, 0.5) is 4.39 Å². The van der Waals surface area contributed by atoms with Crippen LogP contribution in [0.3, 0.4) is 0 Å². The molecular formula is C16H12BrFN2O. The van der Waals surface area contributed by atoms with Crippen LogP contribution in [0.25, 0.3) is 11.0 Å². The van der Waals surface area contributed by atoms with Gasteiger partial charge in [-0.1, -0.05) is 28.1 Å². The lowest BCUT2D eigenvalue weighted by molar-refractivity contribution is 0.285. The van der Waals surface area contributed by atoms with Gasteiger partial charge in [-0.05, 0) is 37.3 Å². The first-order valence-corrected chi connectivity index (χ1v) is 7.23. The minimum atomic E-state index is -0.407. The van der Waals surface area contributed by atoms with Crippen molar-refractivity contribution in [3.63, 3.8) is 0 Å². The van der Waals surface area contributed by atoms with Crippen LogP contribution in [0.2, 0.25) is 0 Å². The molecule has 0 bridgehead atoms. The van der Waals surface area contributed by atoms with Gasteiger partial charge in [-0.25, -0.2) is 14.4 Å². The average Bonchev–Trinajstić information content (AvgIpc) is 2.46. The van der Waals surface area contributed by atoms with Crippen LogP contribution in [-0.2, 0) is 6.61 Å². The lowest BCUT2D eigenvalue weighted by Crippen LogP contribution is -2.04. The Morgan fingerprint density at radius 1 is 1.10 bits per heavy atom. The normalized spacial score (nSPS) is 10.8. The largest absolute Gasteiger partial charge is 0.484 e. The number of rotatable bonds is 3. The summed E-state index contributed by atoms with van der Waals surface area (Å²) in [5, 5.41) is 0. The molecule has 0 fully saturated rings. The summed E-state index contributed by atoms with van der Waals surface area (Å²) in [6.45, 7) is 2.05. The maximum atomic E-state index is 13.7. The van der Waals surface area contributed by atoms with E-state index in [-0.39, 0.29) is 12.4 Å². The zero-order valence-electron chi connectivity index (χ0n) is 11.3. The molecule has 0 aliphatic rings. The number of aryl methyl sites for hydroxylation is 1. The van der Waals surface area contributed by atoms with Crippen molar-refractivity contribution in [3.8, 4) is 5.75 Å². The van der Waals surface area contributed by atoms with Gasteiger partial charge in [0.25, 0.3) is 0 Å². The fourth-order valence-corrected chi connectivity index (χ4v) is 2.33. The molecule has 0 saturated heterocycles. The monoisotopic (exact) mass is 346 g/mol. The van der Waals surface area contributed by atoms with Crippen LogP contribution in [-0.4, -0.2) is 9.97 Å². The zero-order valence-corrected chi connectivity index (χ0v) is 12.9. The van der Waals surface area contributed by atoms with Crippen molar-refractivity contribution >= 4 is 27.0 Å². The summed E-state index contributed by atoms with van der Waals surface area (Å²) in [6.07, 6.45) is 0. The van der Waals surface area contributed by atoms with E-state index in [9.17, 15) is 4.39 Å². The summed E-state index contributed by atoms with van der Waals surface area (Å²) < 4.78 is 19.9. The van der Waals surface area contributed by atoms with Crippen molar-refractivity contribution in [3.05, 3.63) is 64.1 Å². The Balaban J connectivity index is 1.86. The molecule has 0 amide bonds. The van der Waals surface area contributed by atoms with Gasteiger partial charge in [0.05, 0.1) is 22.4 Å². The number of para-hydroxylation sites is 2. The molecule has 0 aliphatic carbocycles. The van der Waals surface area contributed by atoms with Crippen molar-refractivity contribution in [1.82, 2.24) is 9.97 Å². The third kappa shape index (κ3) is 3.03. The van der Waals surface area contributed by atoms with E-state index in [0.29, 0.717) is 10.2 Å². The van der Waals surface area contributed by atoms with Crippen molar-refractivity contribution < 1.29 is 9.13 Å². The summed E-state index contributed by atoms with van der Waals surface area (Å²) in [5.74, 6) is -0.205. The predicted molar refractivity (Wildman–Crippen MR) is 82.7 cm³/mol. The van der Waals surface area contributed by atoms with Gasteiger partial charge in [0.15, 0.2) is 11.6 Å². The molecule has 3 nitrogen and oxygen atoms in total. The van der Waals surface area contributed by atoms with Crippen molar-refractivity contribution in [2.75, 3.05) is 0 Å². The number of hydrogen-bond acceptors (Lipinski definition) is 3. The first-order valence-electron chi connectivity index (χ1n) is 6.43. The summed E-state index contributed by atoms with van der Waals surface area (Å²) in [7, 11) is 0. The van der Waals surface area contributed by atoms with Crippen LogP contribution in [0.15, 0.2) is 46.9 Å². The Bertz CT molecular complexity index is 807. The van der Waals surface area contributed by atoms with E-state index >= 15 is 0 Å². The fourth-order valence-electron chi connectivity index (χ4n) is 2.00. The van der Waals surface area contributed by atoms with E-state index in [0.717, 1.165) is 16.7 Å². The van der Waals surface area contributed by atoms with Gasteiger partial charge in [-0.2, -0.15) is 0 Å². The van der Waals surface area contributed by atoms with E-state index in [1.807, 2.05) is 31.2 Å². The Labute approximate surface area is 129 Å². The van der Waals surface area contributed by atoms with Gasteiger partial charge in [-0.3, -0.25) is 0 Å². The summed E-state index contributed by atoms with van der Waals surface area (Å²) in [6, 6.07) is 12.3. The predicted octanol–water partition coefficient (Wildman–Crippen LogP) is 4.42. The topological polar surface area (TPSA) is 35.0 Å². The highest BCUT2D eigenvalue weighted by Gasteiger charge is 2.08. The number of hydrogen-bond donors (Lipinski definition) is 0. The quantitative estimate of drug-likeness (QED) is 0.704. The highest BCUT2D eigenvalue weighted by molar-refractivity contribution is 9.10. The molecule has 1 aromatic heterocycles. The number of benzene rings is 2. The molecule has 5 heteroatoms. The third-order valence-corrected chi connectivity index (χ3v) is 3.59. The second kappa shape index (κ2) is 5.77. The molecule has 0 spiro atoms. The molecule has 0 atom stereocenters. The second-order valence-electron chi connectivity index (χ2n) is 4.61. The van der Waals surface area contributed by atoms with Crippen molar-refractivity contribution in [2.45, 2.75) is 13.5 Å². The molecule has 0 unspecified atom stereocenters. The Hall–Kier alpha value is -2.01. The van der Waals surface area contributed by atoms with E-state index in [4.69, 9.17) is 4.74 Å². The number of halogens is 2. The highest BCUT2D eigenvalue weighted by atomic mass is 79.9. The van der Waals surface area contributed by atoms with Gasteiger partial charge < -0.3 is 4.74 Å². The van der Waals surface area contributed by atoms with E-state index in [2.05, 4.69) is 25.9 Å². The van der Waals surface area contributed by atoms with Gasteiger partial charge >= 0.3 is 0 Å². The standard InChI is InChI=1S/C16H12BrFN2O/c1-10-15(20-14-5-3-2-4-13(14)19-10)9-21-16-7-6-11(17)8-12(16)18/h2-8H,9H2,1H3. The Morgan fingerprint density at radius 3 is 2.52 bits per heavy atom. The summed E-state index contributed by atoms with van der Waals surface area (Å²) >= 11 is 3.21. The number of fused-ring (bicyclic) bond motifs is 1. The molecule has 3 aromatic rings. The zero-order chi connectivity index (χ0) is 14.8. The maximum Gasteiger partial charge on any atom is 0.166 e. The van der Waals surface area contributed by atoms with Crippen LogP contribution in [0.1, 0.15) is 11.4 Å². The van der Waals surface area contributed by atoms with Crippen molar-refractivity contribution in [1.29, 1.82) is 0 Å². The minimum absolute atomic E-state index is 0.183. The smallest absolute Gasteiger partial charge is 0.166 e. The summed E-state index contributed by atoms with van der Waals surface area (Å²) in [5.41, 5.74) is 3.13. The van der Waals surface area contributed by atoms with Crippen LogP contribution >= 0.6 is 15.9 Å². The van der Waals surface area contributed by atoms with E-state index < -0.39 is 5.82 Å². The van der Waals surface area contributed by atoms with E-state index in [1.54, 1.807) is 12.1 Å². The summed E-state index contributed by atoms with van der Waals surface area (Å²) in [4.78, 5) is 9.00. The SMILES string of the molecule is Cc1nc2ccccc2nc1COc1ccc(Br)cc1F. The van der Waals surface area contributed by atoms with Gasteiger partial charge in [-0.15, -0.1) is 0 Å². The van der Waals surface area contributed by atoms with Crippen LogP contribution in [0.5, 0.6) is 5.75 Å². The fraction of sp³-hybridized carbons (Fsp3) is 0.125. The molecule has 0 saturated carbocycles. The van der Waals surface area contributed by atoms with Crippen LogP contribution in [0, 0.1) is 12.7 Å². The minimum Gasteiger partial charge on any atom is -0.484 e. The second-order valence-corrected chi connectivity index (χ2v) is 5.52. The molecule has 3 rings (SSSR count). The first-order chi connectivity index (χ1) is 10.1. The first kappa shape index (κ1) is 13.9. The number of nitrogens with zero attached hydrogens (tertiary/aromatic N) is 2. The Morgan fingerprint density at radius 2 is 1.81 bits per heavy atom. The molecule has 0 radical (unpaired) electrons. The molecule has 0 aliphatic heterocycles. The van der Waals surface area contributed by atoms with Gasteiger partial charge in [0, 0.05) is 4.47 Å². The van der Waals surface area contributed by atoms with Gasteiger partial charge in [0.1, 0.15) is 6.61 Å². The molecule has 2 aromatic carbocycles. The van der Waals surface area contributed by atoms with Gasteiger partial charge in [0.2, 0.25) is 0 Å². The molecule has 21 heavy (non-hydrogen) atoms. The Kier molecular flexibility index (Phi) is 3.84. The number of ether oxygens (including phenoxy) is 1. The highest BCUT2D eigenvalue weighted by Crippen LogP contribution is 2.22. The lowest BCUT2D eigenvalue weighted by Gasteiger charge is -2.09. The maximum absolute atomic E-state index is 13.7. The molecular weight excluding hydrogens is 335 g/mol. The van der Waals surface area contributed by atoms with Crippen LogP contribution < -0.4 is 4.74 Å². The lowest BCUT2D eigenvalue weighted by atomic mass is 10.2. The van der Waals surface area contributed by atoms with E-state index in [1.165, 1.54) is 6.07 Å². The average molecular weight is 347 g/mol. The molecule has 1 heterocycles. The molecule has 0 N–H and O–H groups in total.